The highest BCUT2D eigenvalue weighted by Gasteiger charge is 2.35. The van der Waals surface area contributed by atoms with E-state index >= 15 is 0 Å². The highest BCUT2D eigenvalue weighted by Crippen LogP contribution is 2.32. The molecular formula is C20H23F3N2O4S. The van der Waals surface area contributed by atoms with Gasteiger partial charge >= 0.3 is 6.18 Å². The number of benzene rings is 1. The van der Waals surface area contributed by atoms with Gasteiger partial charge in [0.05, 0.1) is 17.0 Å². The first-order valence-electron chi connectivity index (χ1n) is 9.46. The Labute approximate surface area is 173 Å². The molecule has 0 bridgehead atoms. The van der Waals surface area contributed by atoms with Crippen LogP contribution in [0.3, 0.4) is 0 Å². The molecule has 2 aromatic rings. The molecule has 0 radical (unpaired) electrons. The standard InChI is InChI=1S/C20H23F3N2O4S/c1-14-6-7-17(29-14)13-24(2)19(26)15-8-10-25(11-9-15)30(27,28)18-5-3-4-16(12-18)20(21,22)23/h3-7,12,15H,8-11,13H2,1-2H3. The summed E-state index contributed by atoms with van der Waals surface area (Å²) in [6, 6.07) is 7.32. The zero-order valence-electron chi connectivity index (χ0n) is 16.6. The SMILES string of the molecule is Cc1ccc(CN(C)C(=O)C2CCN(S(=O)(=O)c3cccc(C(F)(F)F)c3)CC2)o1. The molecule has 6 nitrogen and oxygen atoms in total. The Hall–Kier alpha value is -2.33. The quantitative estimate of drug-likeness (QED) is 0.706. The molecule has 30 heavy (non-hydrogen) atoms. The molecule has 1 fully saturated rings. The van der Waals surface area contributed by atoms with Gasteiger partial charge in [0.25, 0.3) is 0 Å². The monoisotopic (exact) mass is 444 g/mol. The van der Waals surface area contributed by atoms with E-state index in [9.17, 15) is 26.4 Å². The minimum absolute atomic E-state index is 0.0721. The second-order valence-corrected chi connectivity index (χ2v) is 9.35. The number of aryl methyl sites for hydroxylation is 1. The third-order valence-electron chi connectivity index (χ3n) is 5.17. The van der Waals surface area contributed by atoms with E-state index in [1.807, 2.05) is 13.0 Å². The van der Waals surface area contributed by atoms with E-state index in [4.69, 9.17) is 4.42 Å². The lowest BCUT2D eigenvalue weighted by Crippen LogP contribution is -2.43. The van der Waals surface area contributed by atoms with Crippen LogP contribution in [0.25, 0.3) is 0 Å². The summed E-state index contributed by atoms with van der Waals surface area (Å²) in [5, 5.41) is 0. The summed E-state index contributed by atoms with van der Waals surface area (Å²) < 4.78 is 70.9. The van der Waals surface area contributed by atoms with Gasteiger partial charge in [-0.05, 0) is 50.1 Å². The molecule has 1 aliphatic heterocycles. The van der Waals surface area contributed by atoms with Gasteiger partial charge in [-0.2, -0.15) is 17.5 Å². The summed E-state index contributed by atoms with van der Waals surface area (Å²) in [6.45, 7) is 2.27. The average molecular weight is 444 g/mol. The summed E-state index contributed by atoms with van der Waals surface area (Å²) in [7, 11) is -2.41. The Morgan fingerprint density at radius 3 is 2.43 bits per heavy atom. The number of amides is 1. The molecule has 1 aromatic carbocycles. The molecular weight excluding hydrogens is 421 g/mol. The molecule has 1 aliphatic rings. The Morgan fingerprint density at radius 2 is 1.87 bits per heavy atom. The Morgan fingerprint density at radius 1 is 1.20 bits per heavy atom. The van der Waals surface area contributed by atoms with E-state index in [2.05, 4.69) is 0 Å². The van der Waals surface area contributed by atoms with E-state index in [1.165, 1.54) is 0 Å². The van der Waals surface area contributed by atoms with Gasteiger partial charge in [0.1, 0.15) is 11.5 Å². The van der Waals surface area contributed by atoms with Crippen LogP contribution in [0.2, 0.25) is 0 Å². The number of carbonyl (C=O) groups excluding carboxylic acids is 1. The number of alkyl halides is 3. The second kappa shape index (κ2) is 8.43. The van der Waals surface area contributed by atoms with Crippen LogP contribution in [0.4, 0.5) is 13.2 Å². The maximum Gasteiger partial charge on any atom is 0.416 e. The van der Waals surface area contributed by atoms with Crippen molar-refractivity contribution >= 4 is 15.9 Å². The molecule has 2 heterocycles. The Bertz CT molecular complexity index is 1010. The summed E-state index contributed by atoms with van der Waals surface area (Å²) >= 11 is 0. The van der Waals surface area contributed by atoms with Crippen LogP contribution in [0, 0.1) is 12.8 Å². The number of sulfonamides is 1. The van der Waals surface area contributed by atoms with Crippen LogP contribution in [0.1, 0.15) is 29.9 Å². The van der Waals surface area contributed by atoms with Crippen molar-refractivity contribution in [1.82, 2.24) is 9.21 Å². The number of nitrogens with zero attached hydrogens (tertiary/aromatic N) is 2. The van der Waals surface area contributed by atoms with Crippen molar-refractivity contribution in [3.8, 4) is 0 Å². The molecule has 10 heteroatoms. The van der Waals surface area contributed by atoms with Gasteiger partial charge in [-0.1, -0.05) is 6.07 Å². The summed E-state index contributed by atoms with van der Waals surface area (Å²) in [4.78, 5) is 13.8. The molecule has 164 valence electrons. The normalized spacial score (nSPS) is 16.6. The second-order valence-electron chi connectivity index (χ2n) is 7.41. The molecule has 0 atom stereocenters. The topological polar surface area (TPSA) is 70.8 Å². The molecule has 3 rings (SSSR count). The van der Waals surface area contributed by atoms with Crippen molar-refractivity contribution in [1.29, 1.82) is 0 Å². The molecule has 1 saturated heterocycles. The first-order chi connectivity index (χ1) is 14.0. The third kappa shape index (κ3) is 4.86. The van der Waals surface area contributed by atoms with Gasteiger partial charge in [-0.25, -0.2) is 8.42 Å². The van der Waals surface area contributed by atoms with E-state index in [0.29, 0.717) is 31.2 Å². The first kappa shape index (κ1) is 22.4. The number of hydrogen-bond donors (Lipinski definition) is 0. The van der Waals surface area contributed by atoms with Crippen molar-refractivity contribution in [3.05, 3.63) is 53.5 Å². The highest BCUT2D eigenvalue weighted by atomic mass is 32.2. The predicted octanol–water partition coefficient (Wildman–Crippen LogP) is 3.67. The summed E-state index contributed by atoms with van der Waals surface area (Å²) in [5.41, 5.74) is -1.01. The van der Waals surface area contributed by atoms with E-state index in [-0.39, 0.29) is 24.9 Å². The molecule has 0 saturated carbocycles. The van der Waals surface area contributed by atoms with Crippen LogP contribution < -0.4 is 0 Å². The number of halogens is 3. The average Bonchev–Trinajstić information content (AvgIpc) is 3.11. The number of furan rings is 1. The minimum Gasteiger partial charge on any atom is -0.464 e. The van der Waals surface area contributed by atoms with Crippen LogP contribution in [-0.4, -0.2) is 43.7 Å². The van der Waals surface area contributed by atoms with Crippen LogP contribution in [0.5, 0.6) is 0 Å². The van der Waals surface area contributed by atoms with Gasteiger partial charge in [0, 0.05) is 26.1 Å². The molecule has 0 spiro atoms. The highest BCUT2D eigenvalue weighted by molar-refractivity contribution is 7.89. The van der Waals surface area contributed by atoms with Crippen molar-refractivity contribution in [2.45, 2.75) is 37.4 Å². The Balaban J connectivity index is 1.63. The van der Waals surface area contributed by atoms with Gasteiger partial charge in [-0.15, -0.1) is 0 Å². The fraction of sp³-hybridized carbons (Fsp3) is 0.450. The molecule has 1 amide bonds. The lowest BCUT2D eigenvalue weighted by molar-refractivity contribution is -0.138. The Kier molecular flexibility index (Phi) is 6.28. The van der Waals surface area contributed by atoms with E-state index < -0.39 is 26.7 Å². The molecule has 0 unspecified atom stereocenters. The lowest BCUT2D eigenvalue weighted by Gasteiger charge is -2.32. The first-order valence-corrected chi connectivity index (χ1v) is 10.9. The summed E-state index contributed by atoms with van der Waals surface area (Å²) in [6.07, 6.45) is -4.01. The van der Waals surface area contributed by atoms with Crippen molar-refractivity contribution < 1.29 is 30.8 Å². The van der Waals surface area contributed by atoms with Crippen LogP contribution in [0.15, 0.2) is 45.7 Å². The molecule has 0 aliphatic carbocycles. The number of piperidine rings is 1. The maximum absolute atomic E-state index is 12.9. The minimum atomic E-state index is -4.62. The fourth-order valence-corrected chi connectivity index (χ4v) is 5.03. The van der Waals surface area contributed by atoms with Crippen molar-refractivity contribution in [3.63, 3.8) is 0 Å². The van der Waals surface area contributed by atoms with Gasteiger partial charge in [0.15, 0.2) is 0 Å². The van der Waals surface area contributed by atoms with Gasteiger partial charge in [-0.3, -0.25) is 4.79 Å². The third-order valence-corrected chi connectivity index (χ3v) is 7.06. The number of rotatable bonds is 5. The number of carbonyl (C=O) groups is 1. The maximum atomic E-state index is 12.9. The van der Waals surface area contributed by atoms with Crippen molar-refractivity contribution in [2.24, 2.45) is 5.92 Å². The fourth-order valence-electron chi connectivity index (χ4n) is 3.52. The smallest absolute Gasteiger partial charge is 0.416 e. The van der Waals surface area contributed by atoms with Crippen molar-refractivity contribution in [2.75, 3.05) is 20.1 Å². The predicted molar refractivity (Wildman–Crippen MR) is 103 cm³/mol. The molecule has 0 N–H and O–H groups in total. The largest absolute Gasteiger partial charge is 0.464 e. The van der Waals surface area contributed by atoms with Crippen LogP contribution in [-0.2, 0) is 27.5 Å². The lowest BCUT2D eigenvalue weighted by atomic mass is 9.96. The zero-order chi connectivity index (χ0) is 22.1. The summed E-state index contributed by atoms with van der Waals surface area (Å²) in [5.74, 6) is 0.950. The van der Waals surface area contributed by atoms with Crippen LogP contribution >= 0.6 is 0 Å². The molecule has 1 aromatic heterocycles. The van der Waals surface area contributed by atoms with Gasteiger partial charge < -0.3 is 9.32 Å². The zero-order valence-corrected chi connectivity index (χ0v) is 17.5. The van der Waals surface area contributed by atoms with E-state index in [1.54, 1.807) is 18.0 Å². The van der Waals surface area contributed by atoms with E-state index in [0.717, 1.165) is 28.3 Å². The van der Waals surface area contributed by atoms with Gasteiger partial charge in [0.2, 0.25) is 15.9 Å². The number of hydrogen-bond acceptors (Lipinski definition) is 4.